The number of hydrogen-bond donors (Lipinski definition) is 0. The molecule has 4 rings (SSSR count). The van der Waals surface area contributed by atoms with Gasteiger partial charge in [0.25, 0.3) is 5.91 Å². The summed E-state index contributed by atoms with van der Waals surface area (Å²) in [7, 11) is 3.09. The number of hydrogen-bond acceptors (Lipinski definition) is 8. The Morgan fingerprint density at radius 3 is 2.70 bits per heavy atom. The van der Waals surface area contributed by atoms with E-state index < -0.39 is 0 Å². The predicted octanol–water partition coefficient (Wildman–Crippen LogP) is 3.02. The van der Waals surface area contributed by atoms with E-state index in [4.69, 9.17) is 9.47 Å². The van der Waals surface area contributed by atoms with E-state index in [9.17, 15) is 4.79 Å². The average Bonchev–Trinajstić information content (AvgIpc) is 3.41. The van der Waals surface area contributed by atoms with E-state index in [1.165, 1.54) is 18.4 Å². The first kappa shape index (κ1) is 19.8. The van der Waals surface area contributed by atoms with Gasteiger partial charge in [-0.05, 0) is 31.2 Å². The number of rotatable bonds is 7. The Bertz CT molecular complexity index is 1190. The van der Waals surface area contributed by atoms with E-state index in [0.717, 1.165) is 16.0 Å². The van der Waals surface area contributed by atoms with E-state index in [-0.39, 0.29) is 5.91 Å². The summed E-state index contributed by atoms with van der Waals surface area (Å²) in [6, 6.07) is 12.8. The molecular formula is C20H20N6O3S. The highest BCUT2D eigenvalue weighted by atomic mass is 32.1. The van der Waals surface area contributed by atoms with Gasteiger partial charge in [0.15, 0.2) is 0 Å². The summed E-state index contributed by atoms with van der Waals surface area (Å²) < 4.78 is 12.4. The second kappa shape index (κ2) is 8.46. The number of carbonyl (C=O) groups is 1. The Labute approximate surface area is 176 Å². The lowest BCUT2D eigenvalue weighted by Crippen LogP contribution is -2.30. The Morgan fingerprint density at radius 2 is 1.93 bits per heavy atom. The minimum atomic E-state index is -0.217. The maximum absolute atomic E-state index is 13.2. The molecule has 2 aromatic heterocycles. The van der Waals surface area contributed by atoms with Gasteiger partial charge in [-0.3, -0.25) is 9.69 Å². The number of ether oxygens (including phenoxy) is 2. The topological polar surface area (TPSA) is 95.3 Å². The first-order valence-electron chi connectivity index (χ1n) is 9.29. The highest BCUT2D eigenvalue weighted by molar-refractivity contribution is 7.15. The van der Waals surface area contributed by atoms with E-state index >= 15 is 0 Å². The Balaban J connectivity index is 1.59. The number of para-hydroxylation sites is 1. The molecule has 0 saturated carbocycles. The summed E-state index contributed by atoms with van der Waals surface area (Å²) >= 11 is 1.35. The maximum Gasteiger partial charge on any atom is 0.263 e. The SMILES string of the molecule is CCN(C(=O)c1ccc(OC)cc1OC)c1nnc(Cn2nnc3ccccc32)s1. The Hall–Kier alpha value is -3.53. The quantitative estimate of drug-likeness (QED) is 0.450. The number of anilines is 1. The van der Waals surface area contributed by atoms with Crippen LogP contribution in [0.3, 0.4) is 0 Å². The molecule has 2 heterocycles. The Morgan fingerprint density at radius 1 is 1.10 bits per heavy atom. The van der Waals surface area contributed by atoms with Gasteiger partial charge in [-0.25, -0.2) is 4.68 Å². The van der Waals surface area contributed by atoms with Crippen LogP contribution in [0.1, 0.15) is 22.3 Å². The number of aromatic nitrogens is 5. The number of benzene rings is 2. The molecule has 0 atom stereocenters. The van der Waals surface area contributed by atoms with Gasteiger partial charge < -0.3 is 9.47 Å². The van der Waals surface area contributed by atoms with Crippen molar-refractivity contribution in [3.05, 3.63) is 53.0 Å². The molecule has 0 N–H and O–H groups in total. The van der Waals surface area contributed by atoms with Crippen LogP contribution in [0.4, 0.5) is 5.13 Å². The lowest BCUT2D eigenvalue weighted by molar-refractivity contribution is 0.0985. The highest BCUT2D eigenvalue weighted by Gasteiger charge is 2.23. The van der Waals surface area contributed by atoms with Gasteiger partial charge in [-0.15, -0.1) is 15.3 Å². The maximum atomic E-state index is 13.2. The standard InChI is InChI=1S/C20H20N6O3S/c1-4-25(19(27)14-10-9-13(28-2)11-17(14)29-3)20-23-22-18(30-20)12-26-16-8-6-5-7-15(16)21-24-26/h5-11H,4,12H2,1-3H3. The molecule has 1 amide bonds. The second-order valence-corrected chi connectivity index (χ2v) is 7.37. The molecule has 2 aromatic carbocycles. The number of fused-ring (bicyclic) bond motifs is 1. The molecule has 0 aliphatic rings. The van der Waals surface area contributed by atoms with E-state index in [2.05, 4.69) is 20.5 Å². The molecule has 0 spiro atoms. The first-order valence-corrected chi connectivity index (χ1v) is 10.1. The smallest absolute Gasteiger partial charge is 0.263 e. The van der Waals surface area contributed by atoms with Crippen LogP contribution in [0.15, 0.2) is 42.5 Å². The molecule has 0 unspecified atom stereocenters. The van der Waals surface area contributed by atoms with Crippen LogP contribution in [0, 0.1) is 0 Å². The van der Waals surface area contributed by atoms with Crippen LogP contribution in [0.25, 0.3) is 11.0 Å². The molecule has 9 nitrogen and oxygen atoms in total. The van der Waals surface area contributed by atoms with Gasteiger partial charge in [0.1, 0.15) is 22.0 Å². The third-order valence-electron chi connectivity index (χ3n) is 4.59. The summed E-state index contributed by atoms with van der Waals surface area (Å²) in [5, 5.41) is 18.1. The molecule has 0 radical (unpaired) electrons. The van der Waals surface area contributed by atoms with Gasteiger partial charge in [0.05, 0.1) is 31.8 Å². The van der Waals surface area contributed by atoms with E-state index in [1.807, 2.05) is 31.2 Å². The fourth-order valence-electron chi connectivity index (χ4n) is 3.07. The van der Waals surface area contributed by atoms with Crippen molar-refractivity contribution in [2.45, 2.75) is 13.5 Å². The molecule has 0 aliphatic heterocycles. The largest absolute Gasteiger partial charge is 0.497 e. The van der Waals surface area contributed by atoms with Crippen molar-refractivity contribution in [2.24, 2.45) is 0 Å². The van der Waals surface area contributed by atoms with Gasteiger partial charge >= 0.3 is 0 Å². The first-order chi connectivity index (χ1) is 14.6. The second-order valence-electron chi connectivity index (χ2n) is 6.33. The van der Waals surface area contributed by atoms with Crippen molar-refractivity contribution in [3.63, 3.8) is 0 Å². The molecule has 154 valence electrons. The van der Waals surface area contributed by atoms with Gasteiger partial charge in [-0.1, -0.05) is 28.7 Å². The van der Waals surface area contributed by atoms with Gasteiger partial charge in [0, 0.05) is 12.6 Å². The number of carbonyl (C=O) groups excluding carboxylic acids is 1. The van der Waals surface area contributed by atoms with Crippen LogP contribution in [-0.2, 0) is 6.54 Å². The molecule has 0 fully saturated rings. The van der Waals surface area contributed by atoms with Crippen molar-refractivity contribution in [1.29, 1.82) is 0 Å². The predicted molar refractivity (Wildman–Crippen MR) is 113 cm³/mol. The summed E-state index contributed by atoms with van der Waals surface area (Å²) in [4.78, 5) is 14.7. The van der Waals surface area contributed by atoms with Crippen LogP contribution < -0.4 is 14.4 Å². The van der Waals surface area contributed by atoms with Gasteiger partial charge in [0.2, 0.25) is 5.13 Å². The van der Waals surface area contributed by atoms with E-state index in [1.54, 1.807) is 34.9 Å². The normalized spacial score (nSPS) is 10.9. The summed E-state index contributed by atoms with van der Waals surface area (Å²) in [5.74, 6) is 0.840. The van der Waals surface area contributed by atoms with Crippen molar-refractivity contribution in [3.8, 4) is 11.5 Å². The monoisotopic (exact) mass is 424 g/mol. The lowest BCUT2D eigenvalue weighted by Gasteiger charge is -2.19. The molecule has 4 aromatic rings. The Kier molecular flexibility index (Phi) is 5.57. The zero-order valence-electron chi connectivity index (χ0n) is 16.8. The summed E-state index contributed by atoms with van der Waals surface area (Å²) in [6.07, 6.45) is 0. The molecule has 0 saturated heterocycles. The van der Waals surface area contributed by atoms with Crippen LogP contribution in [0.2, 0.25) is 0 Å². The fraction of sp³-hybridized carbons (Fsp3) is 0.250. The van der Waals surface area contributed by atoms with Crippen LogP contribution >= 0.6 is 11.3 Å². The number of nitrogens with zero attached hydrogens (tertiary/aromatic N) is 6. The lowest BCUT2D eigenvalue weighted by atomic mass is 10.1. The van der Waals surface area contributed by atoms with E-state index in [0.29, 0.717) is 35.3 Å². The third-order valence-corrected chi connectivity index (χ3v) is 5.52. The zero-order chi connectivity index (χ0) is 21.1. The molecule has 0 aliphatic carbocycles. The summed E-state index contributed by atoms with van der Waals surface area (Å²) in [5.41, 5.74) is 2.17. The third kappa shape index (κ3) is 3.69. The molecule has 0 bridgehead atoms. The van der Waals surface area contributed by atoms with Crippen molar-refractivity contribution in [1.82, 2.24) is 25.2 Å². The average molecular weight is 424 g/mol. The highest BCUT2D eigenvalue weighted by Crippen LogP contribution is 2.29. The minimum absolute atomic E-state index is 0.217. The van der Waals surface area contributed by atoms with Gasteiger partial charge in [-0.2, -0.15) is 0 Å². The minimum Gasteiger partial charge on any atom is -0.497 e. The fourth-order valence-corrected chi connectivity index (χ4v) is 3.95. The molecule has 30 heavy (non-hydrogen) atoms. The number of methoxy groups -OCH3 is 2. The van der Waals surface area contributed by atoms with Crippen molar-refractivity contribution >= 4 is 33.4 Å². The van der Waals surface area contributed by atoms with Crippen LogP contribution in [0.5, 0.6) is 11.5 Å². The number of amides is 1. The van der Waals surface area contributed by atoms with Crippen molar-refractivity contribution < 1.29 is 14.3 Å². The summed E-state index contributed by atoms with van der Waals surface area (Å²) in [6.45, 7) is 2.75. The zero-order valence-corrected chi connectivity index (χ0v) is 17.6. The van der Waals surface area contributed by atoms with Crippen LogP contribution in [-0.4, -0.2) is 51.9 Å². The molecular weight excluding hydrogens is 404 g/mol. The van der Waals surface area contributed by atoms with Crippen molar-refractivity contribution in [2.75, 3.05) is 25.7 Å². The molecule has 10 heteroatoms.